The van der Waals surface area contributed by atoms with Crippen LogP contribution in [0.1, 0.15) is 26.0 Å². The van der Waals surface area contributed by atoms with Gasteiger partial charge in [-0.05, 0) is 30.5 Å². The summed E-state index contributed by atoms with van der Waals surface area (Å²) in [5.41, 5.74) is -0.333. The zero-order chi connectivity index (χ0) is 19.8. The molecular weight excluding hydrogens is 395 g/mol. The molecule has 0 saturated heterocycles. The summed E-state index contributed by atoms with van der Waals surface area (Å²) in [6.07, 6.45) is 2.05. The number of benzene rings is 1. The Labute approximate surface area is 166 Å². The highest BCUT2D eigenvalue weighted by atomic mass is 35.5. The van der Waals surface area contributed by atoms with Crippen molar-refractivity contribution in [2.45, 2.75) is 26.9 Å². The van der Waals surface area contributed by atoms with Gasteiger partial charge in [0.25, 0.3) is 0 Å². The first-order valence-corrected chi connectivity index (χ1v) is 9.08. The van der Waals surface area contributed by atoms with Gasteiger partial charge in [-0.2, -0.15) is 0 Å². The molecule has 0 saturated carbocycles. The predicted octanol–water partition coefficient (Wildman–Crippen LogP) is 4.49. The van der Waals surface area contributed by atoms with Gasteiger partial charge in [0.1, 0.15) is 24.4 Å². The molecule has 0 radical (unpaired) electrons. The molecule has 0 fully saturated rings. The minimum absolute atomic E-state index is 0.131. The summed E-state index contributed by atoms with van der Waals surface area (Å²) < 4.78 is 20.9. The van der Waals surface area contributed by atoms with Crippen molar-refractivity contribution in [2.75, 3.05) is 13.2 Å². The van der Waals surface area contributed by atoms with Crippen LogP contribution in [0.5, 0.6) is 11.5 Å². The topological polar surface area (TPSA) is 75.0 Å². The lowest BCUT2D eigenvalue weighted by molar-refractivity contribution is -0.147. The van der Waals surface area contributed by atoms with Crippen LogP contribution in [0.2, 0.25) is 10.0 Å². The van der Waals surface area contributed by atoms with Crippen LogP contribution in [0, 0.1) is 5.92 Å². The molecule has 2 rings (SSSR count). The van der Waals surface area contributed by atoms with Gasteiger partial charge in [0, 0.05) is 11.1 Å². The molecule has 1 aromatic heterocycles. The maximum Gasteiger partial charge on any atom is 0.344 e. The van der Waals surface area contributed by atoms with Gasteiger partial charge in [-0.3, -0.25) is 4.79 Å². The highest BCUT2D eigenvalue weighted by Gasteiger charge is 2.10. The second kappa shape index (κ2) is 10.2. The van der Waals surface area contributed by atoms with E-state index in [1.54, 1.807) is 12.1 Å². The van der Waals surface area contributed by atoms with Crippen molar-refractivity contribution in [3.63, 3.8) is 0 Å². The standard InChI is InChI=1S/C19H20Cl2O6/c1-12(2)5-6-24-18-10-25-14(8-16(18)22)9-27-19(23)11-26-17-4-3-13(20)7-15(17)21/h3-4,7-8,10,12H,5-6,9,11H2,1-2H3. The maximum atomic E-state index is 12.0. The fourth-order valence-corrected chi connectivity index (χ4v) is 2.41. The number of hydrogen-bond donors (Lipinski definition) is 0. The fourth-order valence-electron chi connectivity index (χ4n) is 1.95. The van der Waals surface area contributed by atoms with Crippen LogP contribution in [-0.2, 0) is 16.1 Å². The normalized spacial score (nSPS) is 10.7. The zero-order valence-electron chi connectivity index (χ0n) is 15.0. The van der Waals surface area contributed by atoms with Crippen molar-refractivity contribution in [3.8, 4) is 11.5 Å². The monoisotopic (exact) mass is 414 g/mol. The van der Waals surface area contributed by atoms with Gasteiger partial charge in [-0.1, -0.05) is 37.0 Å². The number of esters is 1. The van der Waals surface area contributed by atoms with E-state index in [1.165, 1.54) is 18.4 Å². The molecule has 0 aliphatic rings. The number of carbonyl (C=O) groups is 1. The average molecular weight is 415 g/mol. The summed E-state index contributed by atoms with van der Waals surface area (Å²) in [5, 5.41) is 0.746. The molecule has 27 heavy (non-hydrogen) atoms. The lowest BCUT2D eigenvalue weighted by Crippen LogP contribution is -2.16. The lowest BCUT2D eigenvalue weighted by Gasteiger charge is -2.09. The number of rotatable bonds is 9. The average Bonchev–Trinajstić information content (AvgIpc) is 2.60. The van der Waals surface area contributed by atoms with Crippen molar-refractivity contribution in [3.05, 3.63) is 56.6 Å². The molecule has 8 heteroatoms. The van der Waals surface area contributed by atoms with Gasteiger partial charge in [0.15, 0.2) is 6.61 Å². The molecule has 0 amide bonds. The van der Waals surface area contributed by atoms with Crippen LogP contribution in [0.3, 0.4) is 0 Å². The molecule has 0 atom stereocenters. The Morgan fingerprint density at radius 3 is 2.59 bits per heavy atom. The van der Waals surface area contributed by atoms with Gasteiger partial charge < -0.3 is 18.6 Å². The highest BCUT2D eigenvalue weighted by Crippen LogP contribution is 2.27. The van der Waals surface area contributed by atoms with Crippen LogP contribution in [0.25, 0.3) is 0 Å². The largest absolute Gasteiger partial charge is 0.487 e. The molecule has 1 aromatic carbocycles. The highest BCUT2D eigenvalue weighted by molar-refractivity contribution is 6.35. The van der Waals surface area contributed by atoms with Crippen LogP contribution in [-0.4, -0.2) is 19.2 Å². The van der Waals surface area contributed by atoms with E-state index in [2.05, 4.69) is 13.8 Å². The molecule has 0 spiro atoms. The van der Waals surface area contributed by atoms with Crippen LogP contribution >= 0.6 is 23.2 Å². The number of hydrogen-bond acceptors (Lipinski definition) is 6. The summed E-state index contributed by atoms with van der Waals surface area (Å²) in [6, 6.07) is 5.88. The third-order valence-electron chi connectivity index (χ3n) is 3.42. The Balaban J connectivity index is 1.80. The Bertz CT molecular complexity index is 831. The summed E-state index contributed by atoms with van der Waals surface area (Å²) >= 11 is 11.7. The van der Waals surface area contributed by atoms with Crippen molar-refractivity contribution in [2.24, 2.45) is 5.92 Å². The van der Waals surface area contributed by atoms with E-state index in [0.29, 0.717) is 23.3 Å². The van der Waals surface area contributed by atoms with Crippen molar-refractivity contribution >= 4 is 29.2 Å². The fraction of sp³-hybridized carbons (Fsp3) is 0.368. The van der Waals surface area contributed by atoms with Gasteiger partial charge in [0.2, 0.25) is 11.2 Å². The Morgan fingerprint density at radius 2 is 1.93 bits per heavy atom. The van der Waals surface area contributed by atoms with Crippen LogP contribution in [0.15, 0.2) is 39.7 Å². The molecule has 1 heterocycles. The summed E-state index contributed by atoms with van der Waals surface area (Å²) in [4.78, 5) is 23.7. The first-order chi connectivity index (χ1) is 12.8. The quantitative estimate of drug-likeness (QED) is 0.562. The lowest BCUT2D eigenvalue weighted by atomic mass is 10.1. The van der Waals surface area contributed by atoms with E-state index in [9.17, 15) is 9.59 Å². The van der Waals surface area contributed by atoms with E-state index in [4.69, 9.17) is 41.8 Å². The summed E-state index contributed by atoms with van der Waals surface area (Å²) in [6.45, 7) is 4.02. The first kappa shape index (κ1) is 21.1. The van der Waals surface area contributed by atoms with Crippen molar-refractivity contribution in [1.82, 2.24) is 0 Å². The molecule has 0 N–H and O–H groups in total. The smallest absolute Gasteiger partial charge is 0.344 e. The summed E-state index contributed by atoms with van der Waals surface area (Å²) in [5.74, 6) is 0.481. The second-order valence-corrected chi connectivity index (χ2v) is 6.97. The molecule has 146 valence electrons. The molecule has 0 aliphatic carbocycles. The van der Waals surface area contributed by atoms with Crippen molar-refractivity contribution in [1.29, 1.82) is 0 Å². The minimum atomic E-state index is -0.638. The molecular formula is C19H20Cl2O6. The minimum Gasteiger partial charge on any atom is -0.487 e. The van der Waals surface area contributed by atoms with E-state index < -0.39 is 5.97 Å². The van der Waals surface area contributed by atoms with Gasteiger partial charge in [-0.15, -0.1) is 0 Å². The molecule has 2 aromatic rings. The van der Waals surface area contributed by atoms with E-state index in [-0.39, 0.29) is 35.2 Å². The number of halogens is 2. The van der Waals surface area contributed by atoms with E-state index in [1.807, 2.05) is 0 Å². The van der Waals surface area contributed by atoms with E-state index >= 15 is 0 Å². The molecule has 0 unspecified atom stereocenters. The van der Waals surface area contributed by atoms with Crippen LogP contribution < -0.4 is 14.9 Å². The Hall–Kier alpha value is -2.18. The van der Waals surface area contributed by atoms with Gasteiger partial charge >= 0.3 is 5.97 Å². The maximum absolute atomic E-state index is 12.0. The van der Waals surface area contributed by atoms with Crippen LogP contribution in [0.4, 0.5) is 0 Å². The predicted molar refractivity (Wildman–Crippen MR) is 102 cm³/mol. The number of carbonyl (C=O) groups excluding carboxylic acids is 1. The van der Waals surface area contributed by atoms with Gasteiger partial charge in [0.05, 0.1) is 11.6 Å². The first-order valence-electron chi connectivity index (χ1n) is 8.33. The third kappa shape index (κ3) is 7.15. The second-order valence-electron chi connectivity index (χ2n) is 6.13. The molecule has 0 bridgehead atoms. The Morgan fingerprint density at radius 1 is 1.15 bits per heavy atom. The zero-order valence-corrected chi connectivity index (χ0v) is 16.5. The van der Waals surface area contributed by atoms with Gasteiger partial charge in [-0.25, -0.2) is 4.79 Å². The SMILES string of the molecule is CC(C)CCOc1coc(COC(=O)COc2ccc(Cl)cc2Cl)cc1=O. The number of ether oxygens (including phenoxy) is 3. The third-order valence-corrected chi connectivity index (χ3v) is 3.95. The Kier molecular flexibility index (Phi) is 8.00. The summed E-state index contributed by atoms with van der Waals surface area (Å²) in [7, 11) is 0. The van der Waals surface area contributed by atoms with Crippen molar-refractivity contribution < 1.29 is 23.4 Å². The molecule has 6 nitrogen and oxygen atoms in total. The molecule has 0 aliphatic heterocycles. The van der Waals surface area contributed by atoms with E-state index in [0.717, 1.165) is 6.42 Å².